The summed E-state index contributed by atoms with van der Waals surface area (Å²) in [5.41, 5.74) is 10.1. The van der Waals surface area contributed by atoms with Gasteiger partial charge in [0.1, 0.15) is 12.1 Å². The first-order chi connectivity index (χ1) is 6.73. The van der Waals surface area contributed by atoms with Crippen LogP contribution in [0.25, 0.3) is 0 Å². The minimum atomic E-state index is -0.963. The first-order valence-electron chi connectivity index (χ1n) is 4.70. The standard InChI is InChI=1S/C6H13NO2.C3H7NO2/c1-3-4(2)5(7)6(8)9;1-2(4)3(5)6/h4-5H,3,7H2,1-2H3,(H,8,9);2H,4H2,1H3,(H,5,6)/t4-,5-;2-/m11/s1. The van der Waals surface area contributed by atoms with Gasteiger partial charge >= 0.3 is 11.9 Å². The molecule has 0 aliphatic carbocycles. The maximum absolute atomic E-state index is 10.2. The van der Waals surface area contributed by atoms with Gasteiger partial charge in [0.15, 0.2) is 0 Å². The number of carbonyl (C=O) groups is 2. The summed E-state index contributed by atoms with van der Waals surface area (Å²) in [6, 6.07) is -1.43. The monoisotopic (exact) mass is 220 g/mol. The fourth-order valence-electron chi connectivity index (χ4n) is 0.497. The molecule has 0 aromatic rings. The lowest BCUT2D eigenvalue weighted by Gasteiger charge is -2.11. The number of hydrogen-bond acceptors (Lipinski definition) is 4. The van der Waals surface area contributed by atoms with Gasteiger partial charge in [0.2, 0.25) is 0 Å². The Bertz CT molecular complexity index is 206. The quantitative estimate of drug-likeness (QED) is 0.522. The molecule has 0 aliphatic rings. The minimum Gasteiger partial charge on any atom is -0.480 e. The van der Waals surface area contributed by atoms with Gasteiger partial charge in [-0.3, -0.25) is 9.59 Å². The van der Waals surface area contributed by atoms with Gasteiger partial charge in [-0.05, 0) is 12.8 Å². The van der Waals surface area contributed by atoms with Crippen LogP contribution in [-0.4, -0.2) is 34.2 Å². The van der Waals surface area contributed by atoms with E-state index in [1.807, 2.05) is 13.8 Å². The van der Waals surface area contributed by atoms with Crippen LogP contribution in [0.4, 0.5) is 0 Å². The molecule has 6 N–H and O–H groups in total. The lowest BCUT2D eigenvalue weighted by molar-refractivity contribution is -0.140. The van der Waals surface area contributed by atoms with E-state index in [1.165, 1.54) is 6.92 Å². The van der Waals surface area contributed by atoms with Crippen molar-refractivity contribution in [3.05, 3.63) is 0 Å². The van der Waals surface area contributed by atoms with E-state index in [9.17, 15) is 9.59 Å². The molecule has 0 saturated carbocycles. The summed E-state index contributed by atoms with van der Waals surface area (Å²) >= 11 is 0. The van der Waals surface area contributed by atoms with E-state index in [0.717, 1.165) is 6.42 Å². The molecule has 0 rings (SSSR count). The normalized spacial score (nSPS) is 15.5. The third kappa shape index (κ3) is 9.17. The lowest BCUT2D eigenvalue weighted by atomic mass is 10.0. The Labute approximate surface area is 89.3 Å². The maximum atomic E-state index is 10.2. The molecule has 0 heterocycles. The van der Waals surface area contributed by atoms with E-state index < -0.39 is 24.0 Å². The van der Waals surface area contributed by atoms with Crippen LogP contribution in [0.1, 0.15) is 27.2 Å². The van der Waals surface area contributed by atoms with Gasteiger partial charge in [0, 0.05) is 0 Å². The maximum Gasteiger partial charge on any atom is 0.320 e. The molecule has 0 bridgehead atoms. The molecule has 0 radical (unpaired) electrons. The summed E-state index contributed by atoms with van der Waals surface area (Å²) in [6.45, 7) is 5.18. The number of rotatable bonds is 4. The highest BCUT2D eigenvalue weighted by molar-refractivity contribution is 5.73. The summed E-state index contributed by atoms with van der Waals surface area (Å²) < 4.78 is 0. The van der Waals surface area contributed by atoms with Crippen molar-refractivity contribution in [1.82, 2.24) is 0 Å². The van der Waals surface area contributed by atoms with Gasteiger partial charge in [0.25, 0.3) is 0 Å². The van der Waals surface area contributed by atoms with E-state index in [2.05, 4.69) is 0 Å². The molecule has 6 nitrogen and oxygen atoms in total. The van der Waals surface area contributed by atoms with Gasteiger partial charge in [-0.25, -0.2) is 0 Å². The Balaban J connectivity index is 0. The lowest BCUT2D eigenvalue weighted by Crippen LogP contribution is -2.36. The Morgan fingerprint density at radius 2 is 1.47 bits per heavy atom. The zero-order chi connectivity index (χ0) is 12.6. The average molecular weight is 220 g/mol. The second kappa shape index (κ2) is 8.19. The van der Waals surface area contributed by atoms with Crippen LogP contribution in [0.5, 0.6) is 0 Å². The molecule has 0 fully saturated rings. The van der Waals surface area contributed by atoms with Crippen molar-refractivity contribution < 1.29 is 19.8 Å². The summed E-state index contributed by atoms with van der Waals surface area (Å²) in [4.78, 5) is 19.7. The smallest absolute Gasteiger partial charge is 0.320 e. The number of hydrogen-bond donors (Lipinski definition) is 4. The fraction of sp³-hybridized carbons (Fsp3) is 0.778. The molecule has 0 aromatic heterocycles. The SMILES string of the molecule is CC[C@@H](C)[C@@H](N)C(=O)O.C[C@@H](N)C(=O)O. The zero-order valence-corrected chi connectivity index (χ0v) is 9.30. The van der Waals surface area contributed by atoms with Crippen molar-refractivity contribution in [1.29, 1.82) is 0 Å². The Morgan fingerprint density at radius 1 is 1.13 bits per heavy atom. The van der Waals surface area contributed by atoms with Gasteiger partial charge < -0.3 is 21.7 Å². The molecule has 90 valence electrons. The fourth-order valence-corrected chi connectivity index (χ4v) is 0.497. The minimum absolute atomic E-state index is 0.0718. The van der Waals surface area contributed by atoms with E-state index in [1.54, 1.807) is 0 Å². The van der Waals surface area contributed by atoms with Crippen LogP contribution < -0.4 is 11.5 Å². The summed E-state index contributed by atoms with van der Waals surface area (Å²) in [5.74, 6) is -1.80. The first kappa shape index (κ1) is 16.3. The molecular weight excluding hydrogens is 200 g/mol. The van der Waals surface area contributed by atoms with Crippen LogP contribution in [0.15, 0.2) is 0 Å². The molecule has 3 atom stereocenters. The molecule has 0 spiro atoms. The molecule has 15 heavy (non-hydrogen) atoms. The molecule has 6 heteroatoms. The summed E-state index contributed by atoms with van der Waals surface area (Å²) in [7, 11) is 0. The number of carboxylic acid groups (broad SMARTS) is 2. The predicted molar refractivity (Wildman–Crippen MR) is 56.4 cm³/mol. The second-order valence-corrected chi connectivity index (χ2v) is 3.38. The van der Waals surface area contributed by atoms with E-state index in [-0.39, 0.29) is 5.92 Å². The zero-order valence-electron chi connectivity index (χ0n) is 9.30. The van der Waals surface area contributed by atoms with Gasteiger partial charge in [-0.15, -0.1) is 0 Å². The van der Waals surface area contributed by atoms with Gasteiger partial charge in [-0.1, -0.05) is 20.3 Å². The molecule has 0 saturated heterocycles. The highest BCUT2D eigenvalue weighted by Crippen LogP contribution is 2.04. The first-order valence-corrected chi connectivity index (χ1v) is 4.70. The van der Waals surface area contributed by atoms with E-state index in [4.69, 9.17) is 21.7 Å². The number of aliphatic carboxylic acids is 2. The second-order valence-electron chi connectivity index (χ2n) is 3.38. The molecule has 0 unspecified atom stereocenters. The Morgan fingerprint density at radius 3 is 1.53 bits per heavy atom. The van der Waals surface area contributed by atoms with E-state index >= 15 is 0 Å². The van der Waals surface area contributed by atoms with E-state index in [0.29, 0.717) is 0 Å². The van der Waals surface area contributed by atoms with Crippen molar-refractivity contribution in [2.45, 2.75) is 39.3 Å². The summed E-state index contributed by atoms with van der Waals surface area (Å²) in [6.07, 6.45) is 0.813. The topological polar surface area (TPSA) is 127 Å². The molecule has 0 aromatic carbocycles. The third-order valence-electron chi connectivity index (χ3n) is 1.93. The van der Waals surface area contributed by atoms with Crippen molar-refractivity contribution in [3.8, 4) is 0 Å². The van der Waals surface area contributed by atoms with Crippen LogP contribution in [-0.2, 0) is 9.59 Å². The van der Waals surface area contributed by atoms with Crippen LogP contribution in [0.3, 0.4) is 0 Å². The Hall–Kier alpha value is -1.14. The molecular formula is C9H20N2O4. The number of nitrogens with two attached hydrogens (primary N) is 2. The highest BCUT2D eigenvalue weighted by atomic mass is 16.4. The van der Waals surface area contributed by atoms with Gasteiger partial charge in [0.05, 0.1) is 0 Å². The van der Waals surface area contributed by atoms with Crippen LogP contribution in [0, 0.1) is 5.92 Å². The van der Waals surface area contributed by atoms with Crippen molar-refractivity contribution in [2.75, 3.05) is 0 Å². The predicted octanol–water partition coefficient (Wildman–Crippen LogP) is -0.137. The average Bonchev–Trinajstić information content (AvgIpc) is 2.16. The third-order valence-corrected chi connectivity index (χ3v) is 1.93. The van der Waals surface area contributed by atoms with Crippen LogP contribution in [0.2, 0.25) is 0 Å². The van der Waals surface area contributed by atoms with Crippen molar-refractivity contribution >= 4 is 11.9 Å². The van der Waals surface area contributed by atoms with Crippen molar-refractivity contribution in [2.24, 2.45) is 17.4 Å². The summed E-state index contributed by atoms with van der Waals surface area (Å²) in [5, 5.41) is 16.2. The largest absolute Gasteiger partial charge is 0.480 e. The van der Waals surface area contributed by atoms with Crippen molar-refractivity contribution in [3.63, 3.8) is 0 Å². The van der Waals surface area contributed by atoms with Crippen LogP contribution >= 0.6 is 0 Å². The highest BCUT2D eigenvalue weighted by Gasteiger charge is 2.17. The number of carboxylic acids is 2. The van der Waals surface area contributed by atoms with Gasteiger partial charge in [-0.2, -0.15) is 0 Å². The Kier molecular flexibility index (Phi) is 8.90. The molecule has 0 amide bonds. The molecule has 0 aliphatic heterocycles.